The maximum atomic E-state index is 13.0. The quantitative estimate of drug-likeness (QED) is 0.648. The zero-order valence-corrected chi connectivity index (χ0v) is 15.1. The van der Waals surface area contributed by atoms with E-state index < -0.39 is 0 Å². The van der Waals surface area contributed by atoms with Crippen molar-refractivity contribution in [3.05, 3.63) is 66.1 Å². The number of carbonyl (C=O) groups excluding carboxylic acids is 1. The summed E-state index contributed by atoms with van der Waals surface area (Å²) in [5, 5.41) is 7.01. The van der Waals surface area contributed by atoms with Crippen LogP contribution in [-0.2, 0) is 11.8 Å². The molecule has 0 saturated carbocycles. The predicted molar refractivity (Wildman–Crippen MR) is 100 cm³/mol. The Morgan fingerprint density at radius 2 is 1.93 bits per heavy atom. The zero-order chi connectivity index (χ0) is 19.2. The van der Waals surface area contributed by atoms with Crippen molar-refractivity contribution in [1.29, 1.82) is 0 Å². The summed E-state index contributed by atoms with van der Waals surface area (Å²) < 4.78 is 25.6. The summed E-state index contributed by atoms with van der Waals surface area (Å²) in [4.78, 5) is 12.4. The van der Waals surface area contributed by atoms with Crippen LogP contribution in [0.4, 0.5) is 10.1 Å². The molecule has 3 aromatic rings. The van der Waals surface area contributed by atoms with E-state index in [9.17, 15) is 9.18 Å². The normalized spacial score (nSPS) is 10.6. The Labute approximate surface area is 156 Å². The molecule has 0 atom stereocenters. The summed E-state index contributed by atoms with van der Waals surface area (Å²) in [6.07, 6.45) is 1.69. The molecule has 0 aliphatic heterocycles. The van der Waals surface area contributed by atoms with Crippen LogP contribution in [0.1, 0.15) is 10.4 Å². The predicted octanol–water partition coefficient (Wildman–Crippen LogP) is 3.50. The molecule has 2 aromatic carbocycles. The monoisotopic (exact) mass is 369 g/mol. The Balaban J connectivity index is 1.87. The van der Waals surface area contributed by atoms with Gasteiger partial charge in [0, 0.05) is 37.2 Å². The summed E-state index contributed by atoms with van der Waals surface area (Å²) in [6, 6.07) is 12.6. The van der Waals surface area contributed by atoms with Crippen molar-refractivity contribution in [3.63, 3.8) is 0 Å². The van der Waals surface area contributed by atoms with Gasteiger partial charge < -0.3 is 14.8 Å². The lowest BCUT2D eigenvalue weighted by Gasteiger charge is -2.14. The fourth-order valence-electron chi connectivity index (χ4n) is 2.61. The van der Waals surface area contributed by atoms with Crippen LogP contribution in [0.2, 0.25) is 0 Å². The second-order valence-corrected chi connectivity index (χ2v) is 5.85. The van der Waals surface area contributed by atoms with Gasteiger partial charge >= 0.3 is 0 Å². The molecule has 1 N–H and O–H groups in total. The van der Waals surface area contributed by atoms with Crippen molar-refractivity contribution >= 4 is 11.6 Å². The molecule has 1 aromatic heterocycles. The molecular weight excluding hydrogens is 349 g/mol. The van der Waals surface area contributed by atoms with E-state index in [0.717, 1.165) is 11.3 Å². The third-order valence-corrected chi connectivity index (χ3v) is 3.99. The fraction of sp³-hybridized carbons (Fsp3) is 0.200. The summed E-state index contributed by atoms with van der Waals surface area (Å²) in [6.45, 7) is 0.872. The van der Waals surface area contributed by atoms with Crippen LogP contribution in [0.3, 0.4) is 0 Å². The first-order chi connectivity index (χ1) is 13.1. The van der Waals surface area contributed by atoms with Crippen molar-refractivity contribution in [2.24, 2.45) is 7.05 Å². The van der Waals surface area contributed by atoms with Crippen molar-refractivity contribution in [1.82, 2.24) is 9.78 Å². The lowest BCUT2D eigenvalue weighted by atomic mass is 10.1. The summed E-state index contributed by atoms with van der Waals surface area (Å²) in [7, 11) is 3.44. The number of methoxy groups -OCH3 is 1. The number of anilines is 1. The Kier molecular flexibility index (Phi) is 5.83. The van der Waals surface area contributed by atoms with Crippen molar-refractivity contribution in [2.45, 2.75) is 0 Å². The number of nitrogens with one attached hydrogen (secondary N) is 1. The highest BCUT2D eigenvalue weighted by Gasteiger charge is 2.13. The first kappa shape index (κ1) is 18.6. The van der Waals surface area contributed by atoms with Crippen molar-refractivity contribution in [3.8, 4) is 17.0 Å². The minimum absolute atomic E-state index is 0.320. The highest BCUT2D eigenvalue weighted by Crippen LogP contribution is 2.32. The molecule has 0 spiro atoms. The molecule has 7 heteroatoms. The SMILES string of the molecule is COCCOc1ccc(NC(=O)c2ccc(F)cc2)cc1-c1ccnn1C. The number of rotatable bonds is 7. The van der Waals surface area contributed by atoms with Gasteiger partial charge in [-0.1, -0.05) is 0 Å². The molecule has 0 fully saturated rings. The molecular formula is C20H20FN3O3. The number of nitrogens with zero attached hydrogens (tertiary/aromatic N) is 2. The average Bonchev–Trinajstić information content (AvgIpc) is 3.09. The zero-order valence-electron chi connectivity index (χ0n) is 15.1. The summed E-state index contributed by atoms with van der Waals surface area (Å²) >= 11 is 0. The Morgan fingerprint density at radius 1 is 1.15 bits per heavy atom. The molecule has 0 aliphatic rings. The van der Waals surface area contributed by atoms with Gasteiger partial charge in [0.15, 0.2) is 0 Å². The van der Waals surface area contributed by atoms with E-state index in [0.29, 0.717) is 30.2 Å². The van der Waals surface area contributed by atoms with E-state index in [4.69, 9.17) is 9.47 Å². The molecule has 3 rings (SSSR count). The molecule has 0 aliphatic carbocycles. The van der Waals surface area contributed by atoms with E-state index in [-0.39, 0.29) is 11.7 Å². The smallest absolute Gasteiger partial charge is 0.255 e. The van der Waals surface area contributed by atoms with Gasteiger partial charge in [0.05, 0.1) is 12.3 Å². The van der Waals surface area contributed by atoms with Gasteiger partial charge in [-0.25, -0.2) is 4.39 Å². The molecule has 6 nitrogen and oxygen atoms in total. The minimum Gasteiger partial charge on any atom is -0.490 e. The third-order valence-electron chi connectivity index (χ3n) is 3.99. The van der Waals surface area contributed by atoms with Crippen LogP contribution < -0.4 is 10.1 Å². The highest BCUT2D eigenvalue weighted by molar-refractivity contribution is 6.04. The molecule has 1 heterocycles. The van der Waals surface area contributed by atoms with E-state index in [2.05, 4.69) is 10.4 Å². The van der Waals surface area contributed by atoms with Crippen LogP contribution in [0.15, 0.2) is 54.7 Å². The molecule has 1 amide bonds. The minimum atomic E-state index is -0.386. The van der Waals surface area contributed by atoms with Gasteiger partial charge in [-0.2, -0.15) is 5.10 Å². The molecule has 0 unspecified atom stereocenters. The fourth-order valence-corrected chi connectivity index (χ4v) is 2.61. The second-order valence-electron chi connectivity index (χ2n) is 5.85. The maximum absolute atomic E-state index is 13.0. The van der Waals surface area contributed by atoms with E-state index in [1.807, 2.05) is 19.2 Å². The van der Waals surface area contributed by atoms with Gasteiger partial charge in [-0.3, -0.25) is 9.48 Å². The molecule has 0 radical (unpaired) electrons. The van der Waals surface area contributed by atoms with Gasteiger partial charge in [0.2, 0.25) is 0 Å². The Hall–Kier alpha value is -3.19. The number of benzene rings is 2. The third kappa shape index (κ3) is 4.51. The van der Waals surface area contributed by atoms with Crippen molar-refractivity contribution < 1.29 is 18.7 Å². The molecule has 0 bridgehead atoms. The number of amides is 1. The Morgan fingerprint density at radius 3 is 2.59 bits per heavy atom. The molecule has 27 heavy (non-hydrogen) atoms. The van der Waals surface area contributed by atoms with E-state index in [1.165, 1.54) is 24.3 Å². The van der Waals surface area contributed by atoms with Crippen molar-refractivity contribution in [2.75, 3.05) is 25.6 Å². The first-order valence-electron chi connectivity index (χ1n) is 8.39. The number of hydrogen-bond donors (Lipinski definition) is 1. The van der Waals surface area contributed by atoms with Crippen LogP contribution in [0, 0.1) is 5.82 Å². The van der Waals surface area contributed by atoms with Gasteiger partial charge in [0.25, 0.3) is 5.91 Å². The summed E-state index contributed by atoms with van der Waals surface area (Å²) in [5.74, 6) is -0.0444. The van der Waals surface area contributed by atoms with Crippen LogP contribution >= 0.6 is 0 Å². The molecule has 0 saturated heterocycles. The van der Waals surface area contributed by atoms with Gasteiger partial charge in [-0.05, 0) is 48.5 Å². The number of carbonyl (C=O) groups is 1. The average molecular weight is 369 g/mol. The summed E-state index contributed by atoms with van der Waals surface area (Å²) in [5.41, 5.74) is 2.61. The lowest BCUT2D eigenvalue weighted by molar-refractivity contribution is 0.102. The lowest BCUT2D eigenvalue weighted by Crippen LogP contribution is -2.12. The first-order valence-corrected chi connectivity index (χ1v) is 8.39. The number of halogens is 1. The standard InChI is InChI=1S/C20H20FN3O3/c1-24-18(9-10-22-24)17-13-16(7-8-19(17)27-12-11-26-2)23-20(25)14-3-5-15(21)6-4-14/h3-10,13H,11-12H2,1-2H3,(H,23,25). The van der Waals surface area contributed by atoms with Gasteiger partial charge in [0.1, 0.15) is 18.2 Å². The number of hydrogen-bond acceptors (Lipinski definition) is 4. The number of aromatic nitrogens is 2. The van der Waals surface area contributed by atoms with Crippen LogP contribution in [0.25, 0.3) is 11.3 Å². The largest absolute Gasteiger partial charge is 0.490 e. The number of aryl methyl sites for hydroxylation is 1. The van der Waals surface area contributed by atoms with E-state index in [1.54, 1.807) is 30.1 Å². The highest BCUT2D eigenvalue weighted by atomic mass is 19.1. The van der Waals surface area contributed by atoms with Crippen LogP contribution in [-0.4, -0.2) is 36.0 Å². The topological polar surface area (TPSA) is 65.4 Å². The molecule has 140 valence electrons. The van der Waals surface area contributed by atoms with Gasteiger partial charge in [-0.15, -0.1) is 0 Å². The Bertz CT molecular complexity index is 922. The second kappa shape index (κ2) is 8.46. The maximum Gasteiger partial charge on any atom is 0.255 e. The van der Waals surface area contributed by atoms with E-state index >= 15 is 0 Å². The number of ether oxygens (including phenoxy) is 2. The van der Waals surface area contributed by atoms with Crippen LogP contribution in [0.5, 0.6) is 5.75 Å².